The van der Waals surface area contributed by atoms with E-state index < -0.39 is 11.8 Å². The number of carbonyl (C=O) groups excluding carboxylic acids is 2. The van der Waals surface area contributed by atoms with Crippen LogP contribution in [0.1, 0.15) is 11.1 Å². The van der Waals surface area contributed by atoms with Crippen LogP contribution in [-0.2, 0) is 16.1 Å². The molecule has 0 radical (unpaired) electrons. The highest BCUT2D eigenvalue weighted by molar-refractivity contribution is 6.36. The first kappa shape index (κ1) is 21.3. The number of nitrogens with zero attached hydrogens (tertiary/aromatic N) is 2. The topological polar surface area (TPSA) is 99.2 Å². The lowest BCUT2D eigenvalue weighted by molar-refractivity contribution is -0.137. The van der Waals surface area contributed by atoms with Gasteiger partial charge in [0, 0.05) is 24.1 Å². The molecule has 1 N–H and O–H groups in total. The van der Waals surface area contributed by atoms with Crippen molar-refractivity contribution < 1.29 is 28.5 Å². The first-order valence-corrected chi connectivity index (χ1v) is 10.5. The van der Waals surface area contributed by atoms with Crippen LogP contribution in [0.4, 0.5) is 5.69 Å². The van der Waals surface area contributed by atoms with E-state index in [2.05, 4.69) is 10.3 Å². The molecule has 0 aliphatic carbocycles. The number of hydrogen-bond donors (Lipinski definition) is 1. The number of anilines is 1. The molecule has 0 spiro atoms. The Morgan fingerprint density at radius 3 is 2.44 bits per heavy atom. The molecule has 9 heteroatoms. The second-order valence-electron chi connectivity index (χ2n) is 7.56. The zero-order valence-electron chi connectivity index (χ0n) is 18.5. The van der Waals surface area contributed by atoms with Gasteiger partial charge in [-0.3, -0.25) is 19.5 Å². The number of amides is 2. The molecule has 5 rings (SSSR count). The molecule has 0 saturated carbocycles. The fraction of sp³-hybridized carbons (Fsp3) is 0.160. The fourth-order valence-corrected chi connectivity index (χ4v) is 3.88. The van der Waals surface area contributed by atoms with Gasteiger partial charge >= 0.3 is 0 Å². The van der Waals surface area contributed by atoms with Crippen LogP contribution in [0, 0.1) is 0 Å². The van der Waals surface area contributed by atoms with E-state index in [-0.39, 0.29) is 24.6 Å². The van der Waals surface area contributed by atoms with Crippen molar-refractivity contribution in [3.05, 3.63) is 77.7 Å². The third-order valence-electron chi connectivity index (χ3n) is 5.57. The summed E-state index contributed by atoms with van der Waals surface area (Å²) in [6.07, 6.45) is 3.24. The largest absolute Gasteiger partial charge is 0.493 e. The van der Waals surface area contributed by atoms with Crippen LogP contribution in [0.5, 0.6) is 23.0 Å². The van der Waals surface area contributed by atoms with Gasteiger partial charge in [-0.25, -0.2) is 0 Å². The summed E-state index contributed by atoms with van der Waals surface area (Å²) >= 11 is 0. The van der Waals surface area contributed by atoms with E-state index >= 15 is 0 Å². The van der Waals surface area contributed by atoms with Gasteiger partial charge in [0.2, 0.25) is 6.79 Å². The zero-order chi connectivity index (χ0) is 23.7. The number of benzene rings is 2. The molecule has 0 atom stereocenters. The number of carbonyl (C=O) groups is 2. The molecule has 2 aromatic carbocycles. The Balaban J connectivity index is 1.56. The Kier molecular flexibility index (Phi) is 5.51. The van der Waals surface area contributed by atoms with Gasteiger partial charge in [-0.1, -0.05) is 6.07 Å². The van der Waals surface area contributed by atoms with Crippen LogP contribution in [-0.4, -0.2) is 42.7 Å². The average Bonchev–Trinajstić information content (AvgIpc) is 3.42. The Hall–Kier alpha value is -4.53. The highest BCUT2D eigenvalue weighted by atomic mass is 16.7. The van der Waals surface area contributed by atoms with E-state index in [1.807, 2.05) is 0 Å². The lowest BCUT2D eigenvalue weighted by Gasteiger charge is -2.15. The predicted octanol–water partition coefficient (Wildman–Crippen LogP) is 3.22. The van der Waals surface area contributed by atoms with E-state index in [9.17, 15) is 9.59 Å². The summed E-state index contributed by atoms with van der Waals surface area (Å²) in [6.45, 7) is 0.249. The van der Waals surface area contributed by atoms with Crippen molar-refractivity contribution in [2.24, 2.45) is 0 Å². The normalized spacial score (nSPS) is 14.6. The van der Waals surface area contributed by atoms with Crippen LogP contribution in [0.3, 0.4) is 0 Å². The minimum absolute atomic E-state index is 0.114. The highest BCUT2D eigenvalue weighted by Gasteiger charge is 2.39. The number of methoxy groups -OCH3 is 2. The highest BCUT2D eigenvalue weighted by Crippen LogP contribution is 2.38. The van der Waals surface area contributed by atoms with Crippen molar-refractivity contribution in [1.29, 1.82) is 0 Å². The lowest BCUT2D eigenvalue weighted by atomic mass is 10.0. The van der Waals surface area contributed by atoms with E-state index in [0.717, 1.165) is 5.56 Å². The Bertz CT molecular complexity index is 1310. The smallest absolute Gasteiger partial charge is 0.278 e. The summed E-state index contributed by atoms with van der Waals surface area (Å²) in [4.78, 5) is 32.2. The predicted molar refractivity (Wildman–Crippen MR) is 122 cm³/mol. The molecular formula is C25H21N3O6. The molecule has 172 valence electrons. The maximum Gasteiger partial charge on any atom is 0.278 e. The van der Waals surface area contributed by atoms with Crippen molar-refractivity contribution in [2.45, 2.75) is 6.54 Å². The van der Waals surface area contributed by atoms with Crippen LogP contribution < -0.4 is 24.3 Å². The maximum absolute atomic E-state index is 13.5. The summed E-state index contributed by atoms with van der Waals surface area (Å²) in [6, 6.07) is 13.9. The molecular weight excluding hydrogens is 438 g/mol. The van der Waals surface area contributed by atoms with Gasteiger partial charge in [-0.15, -0.1) is 0 Å². The lowest BCUT2D eigenvalue weighted by Crippen LogP contribution is -2.32. The quantitative estimate of drug-likeness (QED) is 0.538. The van der Waals surface area contributed by atoms with Crippen molar-refractivity contribution >= 4 is 23.1 Å². The minimum Gasteiger partial charge on any atom is -0.493 e. The first-order chi connectivity index (χ1) is 16.6. The number of fused-ring (bicyclic) bond motifs is 1. The van der Waals surface area contributed by atoms with Crippen LogP contribution in [0.25, 0.3) is 5.57 Å². The molecule has 9 nitrogen and oxygen atoms in total. The Morgan fingerprint density at radius 2 is 1.68 bits per heavy atom. The van der Waals surface area contributed by atoms with E-state index in [1.54, 1.807) is 60.9 Å². The molecule has 2 aliphatic heterocycles. The number of rotatable bonds is 7. The molecule has 1 aromatic heterocycles. The summed E-state index contributed by atoms with van der Waals surface area (Å²) in [7, 11) is 3.04. The van der Waals surface area contributed by atoms with Gasteiger partial charge in [0.05, 0.1) is 26.3 Å². The van der Waals surface area contributed by atoms with Crippen LogP contribution in [0.2, 0.25) is 0 Å². The van der Waals surface area contributed by atoms with Crippen molar-refractivity contribution in [3.63, 3.8) is 0 Å². The molecule has 0 fully saturated rings. The average molecular weight is 459 g/mol. The molecule has 0 bridgehead atoms. The number of pyridine rings is 1. The minimum atomic E-state index is -0.440. The summed E-state index contributed by atoms with van der Waals surface area (Å²) in [5, 5.41) is 3.13. The summed E-state index contributed by atoms with van der Waals surface area (Å²) in [5.74, 6) is 1.28. The van der Waals surface area contributed by atoms with Gasteiger partial charge in [0.1, 0.15) is 5.70 Å². The third kappa shape index (κ3) is 3.77. The van der Waals surface area contributed by atoms with E-state index in [4.69, 9.17) is 18.9 Å². The molecule has 0 saturated heterocycles. The molecule has 0 unspecified atom stereocenters. The Morgan fingerprint density at radius 1 is 0.912 bits per heavy atom. The fourth-order valence-electron chi connectivity index (χ4n) is 3.88. The van der Waals surface area contributed by atoms with Crippen LogP contribution in [0.15, 0.2) is 66.6 Å². The number of imide groups is 1. The number of hydrogen-bond acceptors (Lipinski definition) is 8. The van der Waals surface area contributed by atoms with Gasteiger partial charge in [-0.05, 0) is 47.5 Å². The van der Waals surface area contributed by atoms with Crippen molar-refractivity contribution in [3.8, 4) is 23.0 Å². The SMILES string of the molecule is COc1ccc(C2=C(Nc3ccc4c(c3)OCO4)C(=O)N(Cc3ccncc3)C2=O)cc1OC. The zero-order valence-corrected chi connectivity index (χ0v) is 18.5. The van der Waals surface area contributed by atoms with Gasteiger partial charge < -0.3 is 24.3 Å². The third-order valence-corrected chi connectivity index (χ3v) is 5.57. The molecule has 3 aromatic rings. The monoisotopic (exact) mass is 459 g/mol. The first-order valence-electron chi connectivity index (χ1n) is 10.5. The van der Waals surface area contributed by atoms with Gasteiger partial charge in [-0.2, -0.15) is 0 Å². The molecule has 3 heterocycles. The van der Waals surface area contributed by atoms with Crippen molar-refractivity contribution in [1.82, 2.24) is 9.88 Å². The number of ether oxygens (including phenoxy) is 4. The van der Waals surface area contributed by atoms with Crippen LogP contribution >= 0.6 is 0 Å². The standard InChI is InChI=1S/C25H21N3O6/c1-31-18-5-3-16(11-20(18)32-2)22-23(27-17-4-6-19-21(12-17)34-14-33-19)25(30)28(24(22)29)13-15-7-9-26-10-8-15/h3-12,27H,13-14H2,1-2H3. The summed E-state index contributed by atoms with van der Waals surface area (Å²) in [5.41, 5.74) is 2.29. The number of nitrogens with one attached hydrogen (secondary N) is 1. The number of aromatic nitrogens is 1. The van der Waals surface area contributed by atoms with Gasteiger partial charge in [0.25, 0.3) is 11.8 Å². The second kappa shape index (κ2) is 8.78. The molecule has 34 heavy (non-hydrogen) atoms. The van der Waals surface area contributed by atoms with Crippen molar-refractivity contribution in [2.75, 3.05) is 26.3 Å². The van der Waals surface area contributed by atoms with E-state index in [1.165, 1.54) is 19.1 Å². The van der Waals surface area contributed by atoms with E-state index in [0.29, 0.717) is 34.2 Å². The van der Waals surface area contributed by atoms with Gasteiger partial charge in [0.15, 0.2) is 23.0 Å². The summed E-state index contributed by atoms with van der Waals surface area (Å²) < 4.78 is 21.5. The second-order valence-corrected chi connectivity index (χ2v) is 7.56. The maximum atomic E-state index is 13.5. The Labute approximate surface area is 195 Å². The molecule has 2 aliphatic rings. The molecule has 2 amide bonds.